The van der Waals surface area contributed by atoms with Crippen molar-refractivity contribution in [3.05, 3.63) is 77.0 Å². The second kappa shape index (κ2) is 8.39. The maximum atomic E-state index is 12.9. The van der Waals surface area contributed by atoms with Crippen LogP contribution in [0.5, 0.6) is 0 Å². The lowest BCUT2D eigenvalue weighted by Gasteiger charge is -2.35. The minimum Gasteiger partial charge on any atom is -0.347 e. The van der Waals surface area contributed by atoms with E-state index in [0.717, 1.165) is 5.56 Å². The number of halogens is 1. The minimum absolute atomic E-state index is 0.174. The van der Waals surface area contributed by atoms with Crippen LogP contribution in [0.1, 0.15) is 18.4 Å². The molecular weight excluding hydrogens is 426 g/mol. The average Bonchev–Trinajstić information content (AvgIpc) is 3.16. The SMILES string of the molecule is O=C(NCc1ccccc1)C1=CC2(CCN(S(=O)(=O)c3cccc(Cl)c3)CC2)ON1. The Morgan fingerprint density at radius 3 is 2.57 bits per heavy atom. The fourth-order valence-electron chi connectivity index (χ4n) is 3.59. The van der Waals surface area contributed by atoms with Gasteiger partial charge in [0.15, 0.2) is 0 Å². The number of carbonyl (C=O) groups is 1. The molecule has 1 amide bonds. The number of hydrogen-bond donors (Lipinski definition) is 2. The summed E-state index contributed by atoms with van der Waals surface area (Å²) in [6, 6.07) is 15.9. The summed E-state index contributed by atoms with van der Waals surface area (Å²) in [5.74, 6) is -0.260. The van der Waals surface area contributed by atoms with Gasteiger partial charge in [0.2, 0.25) is 10.0 Å². The number of hydroxylamine groups is 1. The van der Waals surface area contributed by atoms with Crippen molar-refractivity contribution < 1.29 is 18.0 Å². The first kappa shape index (κ1) is 20.9. The van der Waals surface area contributed by atoms with E-state index in [0.29, 0.717) is 30.1 Å². The van der Waals surface area contributed by atoms with Crippen LogP contribution in [0.15, 0.2) is 71.3 Å². The van der Waals surface area contributed by atoms with E-state index in [9.17, 15) is 13.2 Å². The Labute approximate surface area is 180 Å². The lowest BCUT2D eigenvalue weighted by molar-refractivity contribution is -0.120. The van der Waals surface area contributed by atoms with Gasteiger partial charge in [-0.3, -0.25) is 15.1 Å². The molecule has 0 aromatic heterocycles. The molecule has 1 saturated heterocycles. The van der Waals surface area contributed by atoms with Crippen molar-refractivity contribution in [1.82, 2.24) is 15.1 Å². The number of benzene rings is 2. The summed E-state index contributed by atoms with van der Waals surface area (Å²) >= 11 is 5.94. The number of hydrogen-bond acceptors (Lipinski definition) is 5. The molecule has 0 saturated carbocycles. The van der Waals surface area contributed by atoms with Gasteiger partial charge >= 0.3 is 0 Å². The monoisotopic (exact) mass is 447 g/mol. The number of nitrogens with zero attached hydrogens (tertiary/aromatic N) is 1. The number of amides is 1. The molecule has 1 fully saturated rings. The van der Waals surface area contributed by atoms with Crippen LogP contribution in [0.25, 0.3) is 0 Å². The zero-order valence-corrected chi connectivity index (χ0v) is 17.7. The molecular formula is C21H22ClN3O4S. The van der Waals surface area contributed by atoms with Crippen molar-refractivity contribution in [3.8, 4) is 0 Å². The highest BCUT2D eigenvalue weighted by Gasteiger charge is 2.42. The van der Waals surface area contributed by atoms with E-state index >= 15 is 0 Å². The normalized spacial score (nSPS) is 18.6. The fraction of sp³-hybridized carbons (Fsp3) is 0.286. The summed E-state index contributed by atoms with van der Waals surface area (Å²) in [7, 11) is -3.63. The fourth-order valence-corrected chi connectivity index (χ4v) is 5.33. The molecule has 158 valence electrons. The third-order valence-electron chi connectivity index (χ3n) is 5.31. The summed E-state index contributed by atoms with van der Waals surface area (Å²) < 4.78 is 27.2. The molecule has 1 spiro atoms. The number of sulfonamides is 1. The second-order valence-electron chi connectivity index (χ2n) is 7.36. The lowest BCUT2D eigenvalue weighted by atomic mass is 9.92. The number of nitrogens with one attached hydrogen (secondary N) is 2. The first-order valence-electron chi connectivity index (χ1n) is 9.63. The van der Waals surface area contributed by atoms with E-state index in [1.165, 1.54) is 16.4 Å². The summed E-state index contributed by atoms with van der Waals surface area (Å²) in [4.78, 5) is 18.3. The van der Waals surface area contributed by atoms with Crippen LogP contribution in [0, 0.1) is 0 Å². The number of piperidine rings is 1. The molecule has 0 unspecified atom stereocenters. The maximum absolute atomic E-state index is 12.9. The quantitative estimate of drug-likeness (QED) is 0.735. The van der Waals surface area contributed by atoms with Crippen molar-refractivity contribution >= 4 is 27.5 Å². The van der Waals surface area contributed by atoms with Gasteiger partial charge in [0.05, 0.1) is 4.90 Å². The summed E-state index contributed by atoms with van der Waals surface area (Å²) in [5.41, 5.74) is 3.36. The van der Waals surface area contributed by atoms with Gasteiger partial charge in [-0.25, -0.2) is 8.42 Å². The largest absolute Gasteiger partial charge is 0.347 e. The van der Waals surface area contributed by atoms with E-state index in [2.05, 4.69) is 10.8 Å². The molecule has 0 atom stereocenters. The summed E-state index contributed by atoms with van der Waals surface area (Å²) in [6.45, 7) is 0.981. The number of carbonyl (C=O) groups excluding carboxylic acids is 1. The van der Waals surface area contributed by atoms with Gasteiger partial charge in [-0.15, -0.1) is 0 Å². The third kappa shape index (κ3) is 4.37. The minimum atomic E-state index is -3.63. The molecule has 2 heterocycles. The predicted molar refractivity (Wildman–Crippen MR) is 113 cm³/mol. The van der Waals surface area contributed by atoms with Gasteiger partial charge in [0, 0.05) is 24.7 Å². The molecule has 2 aliphatic rings. The number of rotatable bonds is 5. The second-order valence-corrected chi connectivity index (χ2v) is 9.73. The van der Waals surface area contributed by atoms with Crippen LogP contribution < -0.4 is 10.8 Å². The highest BCUT2D eigenvalue weighted by Crippen LogP contribution is 2.34. The van der Waals surface area contributed by atoms with Crippen LogP contribution in [0.2, 0.25) is 5.02 Å². The molecule has 2 aliphatic heterocycles. The Kier molecular flexibility index (Phi) is 5.84. The zero-order valence-electron chi connectivity index (χ0n) is 16.2. The van der Waals surface area contributed by atoms with Gasteiger partial charge < -0.3 is 5.32 Å². The Balaban J connectivity index is 1.38. The van der Waals surface area contributed by atoms with Gasteiger partial charge in [-0.2, -0.15) is 4.31 Å². The smallest absolute Gasteiger partial charge is 0.269 e. The van der Waals surface area contributed by atoms with Gasteiger partial charge in [0.25, 0.3) is 5.91 Å². The van der Waals surface area contributed by atoms with Crippen molar-refractivity contribution in [1.29, 1.82) is 0 Å². The van der Waals surface area contributed by atoms with Crippen LogP contribution in [0.4, 0.5) is 0 Å². The highest BCUT2D eigenvalue weighted by atomic mass is 35.5. The van der Waals surface area contributed by atoms with Crippen molar-refractivity contribution in [2.75, 3.05) is 13.1 Å². The molecule has 0 bridgehead atoms. The van der Waals surface area contributed by atoms with E-state index in [1.807, 2.05) is 30.3 Å². The van der Waals surface area contributed by atoms with Crippen LogP contribution in [0.3, 0.4) is 0 Å². The first-order chi connectivity index (χ1) is 14.4. The molecule has 9 heteroatoms. The molecule has 2 N–H and O–H groups in total. The van der Waals surface area contributed by atoms with Gasteiger partial charge in [-0.05, 0) is 42.7 Å². The van der Waals surface area contributed by atoms with Gasteiger partial charge in [0.1, 0.15) is 11.3 Å². The topological polar surface area (TPSA) is 87.7 Å². The van der Waals surface area contributed by atoms with Crippen molar-refractivity contribution in [2.45, 2.75) is 29.9 Å². The summed E-state index contributed by atoms with van der Waals surface area (Å²) in [5, 5.41) is 3.23. The van der Waals surface area contributed by atoms with Gasteiger partial charge in [-0.1, -0.05) is 48.0 Å². The molecule has 2 aromatic rings. The first-order valence-corrected chi connectivity index (χ1v) is 11.4. The highest BCUT2D eigenvalue weighted by molar-refractivity contribution is 7.89. The molecule has 0 radical (unpaired) electrons. The lowest BCUT2D eigenvalue weighted by Crippen LogP contribution is -2.46. The summed E-state index contributed by atoms with van der Waals surface area (Å²) in [6.07, 6.45) is 2.64. The Morgan fingerprint density at radius 2 is 1.87 bits per heavy atom. The third-order valence-corrected chi connectivity index (χ3v) is 7.44. The average molecular weight is 448 g/mol. The van der Waals surface area contributed by atoms with E-state index in [4.69, 9.17) is 16.4 Å². The Bertz CT molecular complexity index is 1060. The van der Waals surface area contributed by atoms with Crippen molar-refractivity contribution in [2.24, 2.45) is 0 Å². The Morgan fingerprint density at radius 1 is 1.13 bits per heavy atom. The molecule has 7 nitrogen and oxygen atoms in total. The van der Waals surface area contributed by atoms with E-state index in [-0.39, 0.29) is 23.9 Å². The van der Waals surface area contributed by atoms with Crippen LogP contribution >= 0.6 is 11.6 Å². The molecule has 30 heavy (non-hydrogen) atoms. The van der Waals surface area contributed by atoms with Crippen LogP contribution in [-0.2, 0) is 26.2 Å². The zero-order chi connectivity index (χ0) is 21.2. The molecule has 2 aromatic carbocycles. The van der Waals surface area contributed by atoms with E-state index < -0.39 is 15.6 Å². The molecule has 0 aliphatic carbocycles. The Hall–Kier alpha value is -2.39. The van der Waals surface area contributed by atoms with Crippen LogP contribution in [-0.4, -0.2) is 37.3 Å². The van der Waals surface area contributed by atoms with Crippen molar-refractivity contribution in [3.63, 3.8) is 0 Å². The maximum Gasteiger partial charge on any atom is 0.269 e. The van der Waals surface area contributed by atoms with E-state index in [1.54, 1.807) is 18.2 Å². The predicted octanol–water partition coefficient (Wildman–Crippen LogP) is 2.60. The molecule has 4 rings (SSSR count). The standard InChI is InChI=1S/C21H22ClN3O4S/c22-17-7-4-8-18(13-17)30(27,28)25-11-9-21(10-12-25)14-19(24-29-21)20(26)23-15-16-5-2-1-3-6-16/h1-8,13-14,24H,9-12,15H2,(H,23,26).